The highest BCUT2D eigenvalue weighted by Gasteiger charge is 2.33. The number of phenolic OH excluding ortho intramolecular Hbond substituents is 1. The molecule has 1 aromatic rings. The Bertz CT molecular complexity index is 1340. The van der Waals surface area contributed by atoms with Gasteiger partial charge in [0, 0.05) is 19.1 Å². The third kappa shape index (κ3) is 15.4. The largest absolute Gasteiger partial charge is 0.508 e. The highest BCUT2D eigenvalue weighted by atomic mass is 16.4. The van der Waals surface area contributed by atoms with E-state index in [1.807, 2.05) is 13.8 Å². The van der Waals surface area contributed by atoms with Crippen LogP contribution in [0.2, 0.25) is 0 Å². The van der Waals surface area contributed by atoms with E-state index in [0.29, 0.717) is 44.3 Å². The van der Waals surface area contributed by atoms with Crippen LogP contribution in [0.25, 0.3) is 0 Å². The zero-order valence-electron chi connectivity index (χ0n) is 29.4. The van der Waals surface area contributed by atoms with Crippen molar-refractivity contribution in [2.45, 2.75) is 108 Å². The van der Waals surface area contributed by atoms with Crippen LogP contribution in [0.5, 0.6) is 5.75 Å². The molecule has 6 atom stereocenters. The lowest BCUT2D eigenvalue weighted by atomic mass is 10.0. The summed E-state index contributed by atoms with van der Waals surface area (Å²) in [5, 5.41) is 32.7. The number of aliphatic carboxylic acids is 1. The number of aliphatic imine (C=N–C) groups is 1. The van der Waals surface area contributed by atoms with E-state index < -0.39 is 71.8 Å². The molecule has 0 bridgehead atoms. The third-order valence-corrected chi connectivity index (χ3v) is 8.23. The number of unbranched alkanes of at least 4 members (excludes halogenated alkanes) is 2. The lowest BCUT2D eigenvalue weighted by molar-refractivity contribution is -0.142. The second-order valence-electron chi connectivity index (χ2n) is 13.1. The van der Waals surface area contributed by atoms with Crippen molar-refractivity contribution in [1.82, 2.24) is 26.6 Å². The number of hydrogen-bond donors (Lipinski definition) is 10. The van der Waals surface area contributed by atoms with E-state index in [9.17, 15) is 39.0 Å². The summed E-state index contributed by atoms with van der Waals surface area (Å²) in [7, 11) is 0. The smallest absolute Gasteiger partial charge is 0.326 e. The summed E-state index contributed by atoms with van der Waals surface area (Å²) in [6.07, 6.45) is 3.82. The summed E-state index contributed by atoms with van der Waals surface area (Å²) < 4.78 is 0. The average molecular weight is 718 g/mol. The van der Waals surface area contributed by atoms with Crippen molar-refractivity contribution in [3.05, 3.63) is 29.8 Å². The van der Waals surface area contributed by atoms with E-state index in [1.165, 1.54) is 18.3 Å². The summed E-state index contributed by atoms with van der Waals surface area (Å²) >= 11 is 0. The van der Waals surface area contributed by atoms with Crippen molar-refractivity contribution in [1.29, 1.82) is 0 Å². The van der Waals surface area contributed by atoms with Gasteiger partial charge in [-0.25, -0.2) is 4.79 Å². The van der Waals surface area contributed by atoms with Crippen LogP contribution < -0.4 is 43.8 Å². The number of carbonyl (C=O) groups excluding carboxylic acids is 5. The molecule has 0 aliphatic carbocycles. The molecule has 1 aromatic carbocycles. The van der Waals surface area contributed by atoms with Crippen molar-refractivity contribution in [2.24, 2.45) is 28.1 Å². The second-order valence-corrected chi connectivity index (χ2v) is 13.1. The molecule has 1 aliphatic rings. The lowest BCUT2D eigenvalue weighted by Crippen LogP contribution is -2.60. The predicted molar refractivity (Wildman–Crippen MR) is 190 cm³/mol. The van der Waals surface area contributed by atoms with Gasteiger partial charge in [0.25, 0.3) is 0 Å². The van der Waals surface area contributed by atoms with E-state index >= 15 is 0 Å². The number of nitrogens with two attached hydrogens (primary N) is 3. The first-order valence-corrected chi connectivity index (χ1v) is 17.4. The summed E-state index contributed by atoms with van der Waals surface area (Å²) in [6.45, 7) is 4.18. The number of carboxylic acids is 1. The van der Waals surface area contributed by atoms with Crippen LogP contribution in [-0.4, -0.2) is 108 Å². The molecule has 0 aromatic heterocycles. The molecule has 284 valence electrons. The van der Waals surface area contributed by atoms with Gasteiger partial charge < -0.3 is 54.0 Å². The average Bonchev–Trinajstić information content (AvgIpc) is 3.08. The number of aromatic hydroxyl groups is 1. The van der Waals surface area contributed by atoms with Crippen LogP contribution in [0, 0.1) is 5.92 Å². The van der Waals surface area contributed by atoms with Crippen LogP contribution in [0.3, 0.4) is 0 Å². The first-order valence-electron chi connectivity index (χ1n) is 17.4. The van der Waals surface area contributed by atoms with Crippen molar-refractivity contribution < 1.29 is 39.0 Å². The van der Waals surface area contributed by atoms with E-state index in [0.717, 1.165) is 0 Å². The molecule has 0 fully saturated rings. The summed E-state index contributed by atoms with van der Waals surface area (Å²) in [6, 6.07) is -1.11. The molecule has 0 saturated heterocycles. The van der Waals surface area contributed by atoms with Crippen molar-refractivity contribution in [2.75, 3.05) is 19.6 Å². The van der Waals surface area contributed by atoms with Crippen LogP contribution >= 0.6 is 0 Å². The monoisotopic (exact) mass is 717 g/mol. The van der Waals surface area contributed by atoms with E-state index in [1.54, 1.807) is 12.1 Å². The maximum Gasteiger partial charge on any atom is 0.326 e. The minimum Gasteiger partial charge on any atom is -0.508 e. The Kier molecular flexibility index (Phi) is 18.6. The molecule has 17 nitrogen and oxygen atoms in total. The molecule has 0 unspecified atom stereocenters. The van der Waals surface area contributed by atoms with Crippen molar-refractivity contribution in [3.8, 4) is 5.75 Å². The molecule has 5 amide bonds. The standard InChI is InChI=1S/C34H55N9O8/c1-20(2)17-28(34(50)51)43-33(49)27(18-21-9-11-22(44)12-10-21)42-32(48)26-13-16-38-19-23(37)29(45)39-24(7-3-5-14-35)30(46)40-25(31(47)41-26)8-4-6-15-36/h9-12,16,20,23-28,44H,3-8,13-15,17-19,35-37H2,1-2H3,(H,39,45)(H,40,46)(H,41,47)(H,42,48)(H,43,49)(H,50,51)/t23-,24-,25-,26-,27-,28-/m1/s1. The Hall–Kier alpha value is -4.61. The molecule has 0 saturated carbocycles. The van der Waals surface area contributed by atoms with Gasteiger partial charge in [0.2, 0.25) is 29.5 Å². The maximum atomic E-state index is 13.9. The third-order valence-electron chi connectivity index (χ3n) is 8.23. The van der Waals surface area contributed by atoms with Gasteiger partial charge in [0.05, 0.1) is 6.54 Å². The first kappa shape index (κ1) is 42.6. The molecule has 1 heterocycles. The lowest BCUT2D eigenvalue weighted by Gasteiger charge is -2.27. The summed E-state index contributed by atoms with van der Waals surface area (Å²) in [5.74, 6) is -4.78. The van der Waals surface area contributed by atoms with E-state index in [2.05, 4.69) is 31.6 Å². The maximum absolute atomic E-state index is 13.9. The summed E-state index contributed by atoms with van der Waals surface area (Å²) in [4.78, 5) is 83.5. The van der Waals surface area contributed by atoms with Gasteiger partial charge in [-0.2, -0.15) is 0 Å². The topological polar surface area (TPSA) is 293 Å². The number of amides is 5. The minimum atomic E-state index is -1.30. The number of phenols is 1. The highest BCUT2D eigenvalue weighted by molar-refractivity contribution is 5.97. The van der Waals surface area contributed by atoms with Gasteiger partial charge >= 0.3 is 5.97 Å². The van der Waals surface area contributed by atoms with Gasteiger partial charge in [0.15, 0.2) is 0 Å². The zero-order chi connectivity index (χ0) is 37.9. The number of hydrogen-bond acceptors (Lipinski definition) is 11. The number of nitrogens with one attached hydrogen (secondary N) is 5. The fourth-order valence-corrected chi connectivity index (χ4v) is 5.34. The van der Waals surface area contributed by atoms with E-state index in [4.69, 9.17) is 17.2 Å². The van der Waals surface area contributed by atoms with Gasteiger partial charge in [-0.05, 0) is 81.6 Å². The highest BCUT2D eigenvalue weighted by Crippen LogP contribution is 2.13. The molecule has 0 radical (unpaired) electrons. The Labute approximate surface area is 298 Å². The van der Waals surface area contributed by atoms with Crippen molar-refractivity contribution >= 4 is 41.7 Å². The molecule has 51 heavy (non-hydrogen) atoms. The number of carbonyl (C=O) groups is 6. The minimum absolute atomic E-state index is 0.0134. The molecule has 0 spiro atoms. The Morgan fingerprint density at radius 2 is 1.43 bits per heavy atom. The molecular weight excluding hydrogens is 662 g/mol. The molecule has 2 rings (SSSR count). The fourth-order valence-electron chi connectivity index (χ4n) is 5.34. The predicted octanol–water partition coefficient (Wildman–Crippen LogP) is -1.45. The van der Waals surface area contributed by atoms with Crippen LogP contribution in [-0.2, 0) is 35.2 Å². The van der Waals surface area contributed by atoms with Gasteiger partial charge in [-0.1, -0.05) is 26.0 Å². The normalized spacial score (nSPS) is 21.4. The summed E-state index contributed by atoms with van der Waals surface area (Å²) in [5.41, 5.74) is 17.9. The van der Waals surface area contributed by atoms with Crippen LogP contribution in [0.4, 0.5) is 0 Å². The molecule has 13 N–H and O–H groups in total. The quantitative estimate of drug-likeness (QED) is 0.0832. The number of carboxylic acid groups (broad SMARTS) is 1. The zero-order valence-corrected chi connectivity index (χ0v) is 29.4. The Morgan fingerprint density at radius 3 is 1.98 bits per heavy atom. The number of benzene rings is 1. The molecular formula is C34H55N9O8. The number of rotatable bonds is 17. The van der Waals surface area contributed by atoms with Crippen molar-refractivity contribution in [3.63, 3.8) is 0 Å². The van der Waals surface area contributed by atoms with Gasteiger partial charge in [-0.15, -0.1) is 0 Å². The van der Waals surface area contributed by atoms with E-state index in [-0.39, 0.29) is 50.3 Å². The first-order chi connectivity index (χ1) is 24.2. The van der Waals surface area contributed by atoms with Crippen LogP contribution in [0.1, 0.15) is 70.8 Å². The molecule has 17 heteroatoms. The fraction of sp³-hybridized carbons (Fsp3) is 0.618. The second kappa shape index (κ2) is 22.3. The molecule has 1 aliphatic heterocycles. The number of nitrogens with zero attached hydrogens (tertiary/aromatic N) is 1. The Balaban J connectivity index is 2.43. The SMILES string of the molecule is CC(C)C[C@@H](NC(=O)[C@@H](Cc1ccc(O)cc1)NC(=O)[C@H]1CC=NC[C@@H](N)C(=O)N[C@H](CCCCN)C(=O)N[C@H](CCCCN)C(=O)N1)C(=O)O. The van der Waals surface area contributed by atoms with Crippen LogP contribution in [0.15, 0.2) is 29.3 Å². The Morgan fingerprint density at radius 1 is 0.863 bits per heavy atom. The van der Waals surface area contributed by atoms with Gasteiger partial charge in [-0.3, -0.25) is 29.0 Å². The van der Waals surface area contributed by atoms with Gasteiger partial charge in [0.1, 0.15) is 42.0 Å².